The van der Waals surface area contributed by atoms with Gasteiger partial charge in [0.2, 0.25) is 0 Å². The second-order valence-corrected chi connectivity index (χ2v) is 5.81. The number of aromatic nitrogens is 2. The minimum absolute atomic E-state index is 0.552. The summed E-state index contributed by atoms with van der Waals surface area (Å²) in [5, 5.41) is 3.89. The van der Waals surface area contributed by atoms with Crippen molar-refractivity contribution in [1.82, 2.24) is 9.97 Å². The third kappa shape index (κ3) is 4.91. The van der Waals surface area contributed by atoms with Gasteiger partial charge in [0.15, 0.2) is 0 Å². The largest absolute Gasteiger partial charge is 0.381 e. The van der Waals surface area contributed by atoms with Crippen molar-refractivity contribution in [3.8, 4) is 0 Å². The van der Waals surface area contributed by atoms with Crippen molar-refractivity contribution in [2.45, 2.75) is 46.0 Å². The summed E-state index contributed by atoms with van der Waals surface area (Å²) >= 11 is 6.14. The van der Waals surface area contributed by atoms with Crippen LogP contribution in [-0.2, 0) is 11.2 Å². The first kappa shape index (κ1) is 15.5. The number of nitrogens with zero attached hydrogens (tertiary/aromatic N) is 2. The Morgan fingerprint density at radius 1 is 1.35 bits per heavy atom. The molecule has 0 saturated heterocycles. The van der Waals surface area contributed by atoms with E-state index in [4.69, 9.17) is 16.3 Å². The molecule has 1 saturated carbocycles. The Morgan fingerprint density at radius 3 is 2.85 bits per heavy atom. The first-order chi connectivity index (χ1) is 9.70. The minimum atomic E-state index is 0.552. The summed E-state index contributed by atoms with van der Waals surface area (Å²) in [6, 6.07) is 0. The van der Waals surface area contributed by atoms with E-state index in [-0.39, 0.29) is 0 Å². The van der Waals surface area contributed by atoms with E-state index in [1.165, 1.54) is 12.8 Å². The zero-order valence-corrected chi connectivity index (χ0v) is 13.2. The van der Waals surface area contributed by atoms with Gasteiger partial charge in [-0.25, -0.2) is 9.97 Å². The van der Waals surface area contributed by atoms with E-state index in [1.807, 2.05) is 6.92 Å². The van der Waals surface area contributed by atoms with Crippen molar-refractivity contribution in [2.75, 3.05) is 25.1 Å². The molecule has 1 N–H and O–H groups in total. The van der Waals surface area contributed by atoms with Gasteiger partial charge in [-0.05, 0) is 38.5 Å². The summed E-state index contributed by atoms with van der Waals surface area (Å²) in [5.74, 6) is 2.51. The highest BCUT2D eigenvalue weighted by Gasteiger charge is 2.20. The highest BCUT2D eigenvalue weighted by Crippen LogP contribution is 2.28. The maximum absolute atomic E-state index is 6.14. The zero-order valence-electron chi connectivity index (χ0n) is 12.4. The number of ether oxygens (including phenoxy) is 1. The molecule has 1 heterocycles. The third-order valence-corrected chi connectivity index (χ3v) is 3.78. The lowest BCUT2D eigenvalue weighted by atomic mass is 10.3. The first-order valence-electron chi connectivity index (χ1n) is 7.55. The molecule has 1 aromatic rings. The minimum Gasteiger partial charge on any atom is -0.381 e. The van der Waals surface area contributed by atoms with Gasteiger partial charge in [0.1, 0.15) is 16.8 Å². The predicted molar refractivity (Wildman–Crippen MR) is 82.4 cm³/mol. The number of aryl methyl sites for hydroxylation is 1. The van der Waals surface area contributed by atoms with Crippen LogP contribution in [-0.4, -0.2) is 29.7 Å². The van der Waals surface area contributed by atoms with E-state index in [9.17, 15) is 0 Å². The van der Waals surface area contributed by atoms with Crippen molar-refractivity contribution < 1.29 is 4.74 Å². The molecule has 20 heavy (non-hydrogen) atoms. The van der Waals surface area contributed by atoms with E-state index >= 15 is 0 Å². The fourth-order valence-corrected chi connectivity index (χ4v) is 2.14. The van der Waals surface area contributed by atoms with Gasteiger partial charge in [0.25, 0.3) is 0 Å². The molecule has 2 rings (SSSR count). The summed E-state index contributed by atoms with van der Waals surface area (Å²) in [4.78, 5) is 8.83. The number of rotatable bonds is 9. The molecule has 0 bridgehead atoms. The molecule has 4 nitrogen and oxygen atoms in total. The van der Waals surface area contributed by atoms with Crippen LogP contribution in [0.3, 0.4) is 0 Å². The Bertz CT molecular complexity index is 435. The van der Waals surface area contributed by atoms with Crippen molar-refractivity contribution in [3.05, 3.63) is 16.5 Å². The Balaban J connectivity index is 1.75. The molecule has 0 spiro atoms. The predicted octanol–water partition coefficient (Wildman–Crippen LogP) is 3.62. The zero-order chi connectivity index (χ0) is 14.4. The lowest BCUT2D eigenvalue weighted by molar-refractivity contribution is 0.124. The Hall–Kier alpha value is -0.870. The van der Waals surface area contributed by atoms with Gasteiger partial charge in [0, 0.05) is 31.7 Å². The third-order valence-electron chi connectivity index (χ3n) is 3.41. The van der Waals surface area contributed by atoms with E-state index in [2.05, 4.69) is 22.2 Å². The van der Waals surface area contributed by atoms with Crippen molar-refractivity contribution in [3.63, 3.8) is 0 Å². The van der Waals surface area contributed by atoms with Crippen molar-refractivity contribution in [1.29, 1.82) is 0 Å². The second-order valence-electron chi connectivity index (χ2n) is 5.45. The number of hydrogen-bond acceptors (Lipinski definition) is 4. The van der Waals surface area contributed by atoms with Crippen LogP contribution < -0.4 is 5.32 Å². The average Bonchev–Trinajstić information content (AvgIpc) is 3.23. The van der Waals surface area contributed by atoms with Crippen LogP contribution in [0.5, 0.6) is 0 Å². The fourth-order valence-electron chi connectivity index (χ4n) is 1.96. The normalized spacial score (nSPS) is 14.6. The number of halogens is 1. The van der Waals surface area contributed by atoms with Gasteiger partial charge in [-0.3, -0.25) is 0 Å². The van der Waals surface area contributed by atoms with Crippen LogP contribution in [0.25, 0.3) is 0 Å². The van der Waals surface area contributed by atoms with Gasteiger partial charge in [0.05, 0.1) is 0 Å². The monoisotopic (exact) mass is 297 g/mol. The molecular formula is C15H24ClN3O. The molecular weight excluding hydrogens is 274 g/mol. The maximum atomic E-state index is 6.14. The summed E-state index contributed by atoms with van der Waals surface area (Å²) in [5.41, 5.74) is 0.922. The molecule has 112 valence electrons. The highest BCUT2D eigenvalue weighted by atomic mass is 35.5. The van der Waals surface area contributed by atoms with Crippen LogP contribution in [0.15, 0.2) is 0 Å². The van der Waals surface area contributed by atoms with Crippen LogP contribution in [0.4, 0.5) is 5.82 Å². The van der Waals surface area contributed by atoms with Crippen molar-refractivity contribution in [2.24, 2.45) is 5.92 Å². The summed E-state index contributed by atoms with van der Waals surface area (Å²) in [7, 11) is 0. The van der Waals surface area contributed by atoms with Crippen LogP contribution in [0, 0.1) is 12.8 Å². The summed E-state index contributed by atoms with van der Waals surface area (Å²) in [6.07, 6.45) is 5.55. The Labute approximate surface area is 126 Å². The average molecular weight is 298 g/mol. The lowest BCUT2D eigenvalue weighted by Gasteiger charge is -2.11. The van der Waals surface area contributed by atoms with Gasteiger partial charge >= 0.3 is 0 Å². The molecule has 0 aliphatic heterocycles. The van der Waals surface area contributed by atoms with E-state index in [0.717, 1.165) is 62.1 Å². The quantitative estimate of drug-likeness (QED) is 0.558. The van der Waals surface area contributed by atoms with Gasteiger partial charge < -0.3 is 10.1 Å². The number of anilines is 1. The maximum Gasteiger partial charge on any atom is 0.137 e. The van der Waals surface area contributed by atoms with Gasteiger partial charge in [-0.2, -0.15) is 0 Å². The number of hydrogen-bond donors (Lipinski definition) is 1. The molecule has 1 aliphatic rings. The van der Waals surface area contributed by atoms with E-state index in [1.54, 1.807) is 0 Å². The van der Waals surface area contributed by atoms with Crippen LogP contribution in [0.2, 0.25) is 5.15 Å². The molecule has 0 radical (unpaired) electrons. The molecule has 0 aromatic carbocycles. The lowest BCUT2D eigenvalue weighted by Crippen LogP contribution is -2.11. The smallest absolute Gasteiger partial charge is 0.137 e. The number of nitrogens with one attached hydrogen (secondary N) is 1. The fraction of sp³-hybridized carbons (Fsp3) is 0.733. The van der Waals surface area contributed by atoms with Gasteiger partial charge in [-0.1, -0.05) is 18.5 Å². The van der Waals surface area contributed by atoms with E-state index < -0.39 is 0 Å². The second kappa shape index (κ2) is 7.79. The van der Waals surface area contributed by atoms with Crippen molar-refractivity contribution >= 4 is 17.4 Å². The first-order valence-corrected chi connectivity index (χ1v) is 7.93. The molecule has 0 amide bonds. The van der Waals surface area contributed by atoms with Gasteiger partial charge in [-0.15, -0.1) is 0 Å². The molecule has 0 atom stereocenters. The SMILES string of the molecule is CCCc1nc(Cl)c(C)c(NCCCOCC2CC2)n1. The Morgan fingerprint density at radius 2 is 2.15 bits per heavy atom. The standard InChI is InChI=1S/C15H24ClN3O/c1-3-5-13-18-14(16)11(2)15(19-13)17-8-4-9-20-10-12-6-7-12/h12H,3-10H2,1-2H3,(H,17,18,19). The Kier molecular flexibility index (Phi) is 6.05. The van der Waals surface area contributed by atoms with Crippen LogP contribution in [0.1, 0.15) is 44.0 Å². The topological polar surface area (TPSA) is 47.0 Å². The molecule has 1 aliphatic carbocycles. The van der Waals surface area contributed by atoms with Crippen LogP contribution >= 0.6 is 11.6 Å². The summed E-state index contributed by atoms with van der Waals surface area (Å²) in [6.45, 7) is 6.65. The molecule has 1 fully saturated rings. The molecule has 5 heteroatoms. The molecule has 0 unspecified atom stereocenters. The van der Waals surface area contributed by atoms with E-state index in [0.29, 0.717) is 5.15 Å². The molecule has 1 aromatic heterocycles. The highest BCUT2D eigenvalue weighted by molar-refractivity contribution is 6.30. The summed E-state index contributed by atoms with van der Waals surface area (Å²) < 4.78 is 5.61.